The average molecular weight is 288 g/mol. The van der Waals surface area contributed by atoms with E-state index in [4.69, 9.17) is 0 Å². The van der Waals surface area contributed by atoms with E-state index in [1.165, 1.54) is 0 Å². The lowest BCUT2D eigenvalue weighted by Crippen LogP contribution is -2.25. The summed E-state index contributed by atoms with van der Waals surface area (Å²) in [6.07, 6.45) is 4.82. The molecular weight excluding hydrogens is 267 g/mol. The number of rotatable bonds is 5. The molecule has 3 heteroatoms. The highest BCUT2D eigenvalue weighted by molar-refractivity contribution is 7.90. The second-order valence-corrected chi connectivity index (χ2v) is 8.30. The van der Waals surface area contributed by atoms with Crippen molar-refractivity contribution in [2.45, 2.75) is 20.8 Å². The lowest BCUT2D eigenvalue weighted by atomic mass is 9.99. The number of hydrogen-bond acceptors (Lipinski definition) is 2. The largest absolute Gasteiger partial charge is 0.306 e. The zero-order valence-electron chi connectivity index (χ0n) is 12.3. The Balaban J connectivity index is 3.46. The Morgan fingerprint density at radius 1 is 1.20 bits per heavy atom. The van der Waals surface area contributed by atoms with Gasteiger partial charge in [-0.1, -0.05) is 82.5 Å². The minimum atomic E-state index is -3.37. The number of allylic oxidation sites excluding steroid dienone is 4. The van der Waals surface area contributed by atoms with E-state index in [1.807, 2.05) is 6.07 Å². The van der Waals surface area contributed by atoms with Crippen LogP contribution >= 0.6 is 7.14 Å². The summed E-state index contributed by atoms with van der Waals surface area (Å²) in [5.41, 5.74) is -0.981. The minimum Gasteiger partial charge on any atom is -0.306 e. The van der Waals surface area contributed by atoms with Gasteiger partial charge in [0.25, 0.3) is 0 Å². The highest BCUT2D eigenvalue weighted by Gasteiger charge is 2.41. The number of hydrogen-bond donors (Lipinski definition) is 0. The van der Waals surface area contributed by atoms with Crippen LogP contribution < -0.4 is 5.30 Å². The van der Waals surface area contributed by atoms with Crippen LogP contribution in [0.3, 0.4) is 0 Å². The molecule has 0 saturated carbocycles. The van der Waals surface area contributed by atoms with Crippen LogP contribution in [0, 0.1) is 5.41 Å². The number of carbonyl (C=O) groups excluding carboxylic acids is 1. The van der Waals surface area contributed by atoms with Crippen LogP contribution in [-0.2, 0) is 9.36 Å². The Bertz CT molecular complexity index is 589. The molecule has 1 aromatic rings. The minimum absolute atomic E-state index is 0.282. The highest BCUT2D eigenvalue weighted by Crippen LogP contribution is 2.57. The molecule has 1 aromatic carbocycles. The van der Waals surface area contributed by atoms with E-state index in [9.17, 15) is 9.36 Å². The Kier molecular flexibility index (Phi) is 5.08. The van der Waals surface area contributed by atoms with E-state index in [-0.39, 0.29) is 5.52 Å². The normalized spacial score (nSPS) is 14.8. The van der Waals surface area contributed by atoms with Crippen molar-refractivity contribution in [1.29, 1.82) is 0 Å². The summed E-state index contributed by atoms with van der Waals surface area (Å²) >= 11 is 0. The van der Waals surface area contributed by atoms with Crippen LogP contribution in [0.25, 0.3) is 0 Å². The van der Waals surface area contributed by atoms with Crippen molar-refractivity contribution in [2.24, 2.45) is 5.41 Å². The molecule has 0 fully saturated rings. The molecule has 0 aliphatic rings. The third kappa shape index (κ3) is 3.26. The Hall–Kier alpha value is -1.66. The van der Waals surface area contributed by atoms with E-state index in [2.05, 4.69) is 13.2 Å². The van der Waals surface area contributed by atoms with Gasteiger partial charge < -0.3 is 4.57 Å². The summed E-state index contributed by atoms with van der Waals surface area (Å²) in [7, 11) is -3.37. The predicted octanol–water partition coefficient (Wildman–Crippen LogP) is 4.50. The van der Waals surface area contributed by atoms with Gasteiger partial charge in [-0.15, -0.1) is 0 Å². The predicted molar refractivity (Wildman–Crippen MR) is 86.6 cm³/mol. The van der Waals surface area contributed by atoms with Gasteiger partial charge in [-0.05, 0) is 0 Å². The van der Waals surface area contributed by atoms with Gasteiger partial charge in [-0.25, -0.2) is 0 Å². The lowest BCUT2D eigenvalue weighted by Gasteiger charge is -2.25. The van der Waals surface area contributed by atoms with Gasteiger partial charge in [-0.3, -0.25) is 4.79 Å². The molecule has 1 atom stereocenters. The molecule has 0 amide bonds. The molecule has 20 heavy (non-hydrogen) atoms. The van der Waals surface area contributed by atoms with Crippen molar-refractivity contribution in [3.8, 4) is 0 Å². The molecule has 1 unspecified atom stereocenters. The third-order valence-electron chi connectivity index (χ3n) is 2.88. The Labute approximate surface area is 121 Å². The molecule has 2 nitrogen and oxygen atoms in total. The van der Waals surface area contributed by atoms with Crippen LogP contribution in [0.15, 0.2) is 67.0 Å². The van der Waals surface area contributed by atoms with Crippen molar-refractivity contribution in [3.05, 3.63) is 67.0 Å². The first-order chi connectivity index (χ1) is 9.24. The first kappa shape index (κ1) is 16.4. The summed E-state index contributed by atoms with van der Waals surface area (Å²) in [6, 6.07) is 8.83. The maximum absolute atomic E-state index is 13.4. The molecular formula is C17H21O2P. The van der Waals surface area contributed by atoms with Crippen molar-refractivity contribution < 1.29 is 9.36 Å². The monoisotopic (exact) mass is 288 g/mol. The molecule has 0 heterocycles. The maximum Gasteiger partial charge on any atom is 0.205 e. The Morgan fingerprint density at radius 2 is 1.75 bits per heavy atom. The van der Waals surface area contributed by atoms with Gasteiger partial charge in [0.1, 0.15) is 0 Å². The van der Waals surface area contributed by atoms with Crippen LogP contribution in [-0.4, -0.2) is 5.52 Å². The van der Waals surface area contributed by atoms with Crippen molar-refractivity contribution in [3.63, 3.8) is 0 Å². The van der Waals surface area contributed by atoms with Crippen molar-refractivity contribution in [2.75, 3.05) is 0 Å². The summed E-state index contributed by atoms with van der Waals surface area (Å²) < 4.78 is 13.4. The fourth-order valence-corrected chi connectivity index (χ4v) is 4.47. The standard InChI is InChI=1S/C17H21O2P/c1-6-7-11-14(2)20(19,16(18)17(3,4)5)15-12-9-8-10-13-15/h6-13H,1-2H2,3-5H3/b11-7-. The van der Waals surface area contributed by atoms with Crippen molar-refractivity contribution >= 4 is 18.0 Å². The Morgan fingerprint density at radius 3 is 2.20 bits per heavy atom. The van der Waals surface area contributed by atoms with E-state index in [0.29, 0.717) is 10.6 Å². The molecule has 106 valence electrons. The van der Waals surface area contributed by atoms with Gasteiger partial charge in [0.15, 0.2) is 0 Å². The molecule has 0 aromatic heterocycles. The molecule has 0 aliphatic carbocycles. The van der Waals surface area contributed by atoms with Crippen LogP contribution in [0.1, 0.15) is 20.8 Å². The fraction of sp³-hybridized carbons (Fsp3) is 0.235. The quantitative estimate of drug-likeness (QED) is 0.590. The van der Waals surface area contributed by atoms with Gasteiger partial charge in [0, 0.05) is 16.0 Å². The van der Waals surface area contributed by atoms with Gasteiger partial charge in [0.05, 0.1) is 0 Å². The third-order valence-corrected chi connectivity index (χ3v) is 6.10. The first-order valence-corrected chi connectivity index (χ1v) is 8.14. The molecule has 0 radical (unpaired) electrons. The van der Waals surface area contributed by atoms with E-state index >= 15 is 0 Å². The van der Waals surface area contributed by atoms with Gasteiger partial charge in [0.2, 0.25) is 12.7 Å². The van der Waals surface area contributed by atoms with Gasteiger partial charge in [-0.2, -0.15) is 0 Å². The molecule has 0 saturated heterocycles. The maximum atomic E-state index is 13.4. The van der Waals surface area contributed by atoms with Gasteiger partial charge >= 0.3 is 0 Å². The molecule has 1 rings (SSSR count). The zero-order valence-corrected chi connectivity index (χ0v) is 13.2. The SMILES string of the molecule is C=C/C=C\C(=C)P(=O)(C(=O)C(C)(C)C)c1ccccc1. The first-order valence-electron chi connectivity index (χ1n) is 6.44. The fourth-order valence-electron chi connectivity index (χ4n) is 1.81. The van der Waals surface area contributed by atoms with Crippen molar-refractivity contribution in [1.82, 2.24) is 0 Å². The van der Waals surface area contributed by atoms with Crippen LogP contribution in [0.2, 0.25) is 0 Å². The smallest absolute Gasteiger partial charge is 0.205 e. The van der Waals surface area contributed by atoms with Crippen LogP contribution in [0.5, 0.6) is 0 Å². The summed E-state index contributed by atoms with van der Waals surface area (Å²) in [5, 5.41) is 0.863. The lowest BCUT2D eigenvalue weighted by molar-refractivity contribution is -0.118. The molecule has 0 spiro atoms. The van der Waals surface area contributed by atoms with Crippen LogP contribution in [0.4, 0.5) is 0 Å². The summed E-state index contributed by atoms with van der Waals surface area (Å²) in [5.74, 6) is 0. The topological polar surface area (TPSA) is 34.1 Å². The molecule has 0 aliphatic heterocycles. The second-order valence-electron chi connectivity index (χ2n) is 5.59. The summed E-state index contributed by atoms with van der Waals surface area (Å²) in [6.45, 7) is 12.8. The summed E-state index contributed by atoms with van der Waals surface area (Å²) in [4.78, 5) is 12.7. The molecule has 0 N–H and O–H groups in total. The van der Waals surface area contributed by atoms with E-state index in [1.54, 1.807) is 63.3 Å². The second kappa shape index (κ2) is 6.19. The number of carbonyl (C=O) groups is 1. The highest BCUT2D eigenvalue weighted by atomic mass is 31.2. The number of benzene rings is 1. The average Bonchev–Trinajstić information content (AvgIpc) is 2.42. The van der Waals surface area contributed by atoms with E-state index < -0.39 is 12.6 Å². The zero-order chi connectivity index (χ0) is 15.4. The van der Waals surface area contributed by atoms with E-state index in [0.717, 1.165) is 0 Å². The molecule has 0 bridgehead atoms.